The molecule has 1 aliphatic carbocycles. The van der Waals surface area contributed by atoms with Gasteiger partial charge in [-0.15, -0.1) is 0 Å². The summed E-state index contributed by atoms with van der Waals surface area (Å²) < 4.78 is 22.8. The van der Waals surface area contributed by atoms with E-state index in [4.69, 9.17) is 0 Å². The molecule has 1 heterocycles. The lowest BCUT2D eigenvalue weighted by atomic mass is 9.71. The molecule has 1 N–H and O–H groups in total. The molecule has 0 aromatic heterocycles. The van der Waals surface area contributed by atoms with Gasteiger partial charge in [-0.25, -0.2) is 8.42 Å². The summed E-state index contributed by atoms with van der Waals surface area (Å²) in [6, 6.07) is 0. The molecule has 2 rings (SSSR count). The molecule has 1 saturated heterocycles. The highest BCUT2D eigenvalue weighted by Crippen LogP contribution is 2.39. The second-order valence-electron chi connectivity index (χ2n) is 6.69. The fourth-order valence-electron chi connectivity index (χ4n) is 3.17. The van der Waals surface area contributed by atoms with E-state index < -0.39 is 9.84 Å². The van der Waals surface area contributed by atoms with Crippen molar-refractivity contribution in [3.05, 3.63) is 0 Å². The predicted molar refractivity (Wildman–Crippen MR) is 72.2 cm³/mol. The van der Waals surface area contributed by atoms with Crippen LogP contribution in [0.5, 0.6) is 0 Å². The van der Waals surface area contributed by atoms with Crippen LogP contribution in [0.25, 0.3) is 0 Å². The van der Waals surface area contributed by atoms with Gasteiger partial charge in [0.25, 0.3) is 0 Å². The largest absolute Gasteiger partial charge is 0.393 e. The standard InChI is InChI=1S/C13H25NO3S/c1-13(2)4-3-12(15)11(9-13)10-14-5-7-18(16,17)8-6-14/h11-12,15H,3-10H2,1-2H3. The number of hydrogen-bond donors (Lipinski definition) is 1. The number of sulfone groups is 1. The Labute approximate surface area is 110 Å². The minimum Gasteiger partial charge on any atom is -0.393 e. The Bertz CT molecular complexity index is 377. The normalized spacial score (nSPS) is 36.4. The molecule has 0 aromatic carbocycles. The second kappa shape index (κ2) is 5.10. The molecule has 0 spiro atoms. The van der Waals surface area contributed by atoms with E-state index in [1.807, 2.05) is 0 Å². The van der Waals surface area contributed by atoms with Crippen LogP contribution in [0.2, 0.25) is 0 Å². The molecule has 2 atom stereocenters. The van der Waals surface area contributed by atoms with Gasteiger partial charge in [0.1, 0.15) is 0 Å². The average molecular weight is 275 g/mol. The van der Waals surface area contributed by atoms with E-state index >= 15 is 0 Å². The van der Waals surface area contributed by atoms with Crippen LogP contribution in [-0.2, 0) is 9.84 Å². The van der Waals surface area contributed by atoms with Crippen LogP contribution in [0, 0.1) is 11.3 Å². The van der Waals surface area contributed by atoms with E-state index in [2.05, 4.69) is 18.7 Å². The molecule has 2 unspecified atom stereocenters. The van der Waals surface area contributed by atoms with E-state index in [1.54, 1.807) is 0 Å². The Morgan fingerprint density at radius 1 is 1.28 bits per heavy atom. The second-order valence-corrected chi connectivity index (χ2v) is 8.99. The molecule has 2 fully saturated rings. The summed E-state index contributed by atoms with van der Waals surface area (Å²) in [5, 5.41) is 10.1. The highest BCUT2D eigenvalue weighted by atomic mass is 32.2. The molecular formula is C13H25NO3S. The first-order valence-corrected chi connectivity index (χ1v) is 8.70. The van der Waals surface area contributed by atoms with Gasteiger partial charge in [-0.3, -0.25) is 0 Å². The molecule has 18 heavy (non-hydrogen) atoms. The minimum absolute atomic E-state index is 0.212. The van der Waals surface area contributed by atoms with Crippen molar-refractivity contribution in [2.75, 3.05) is 31.1 Å². The van der Waals surface area contributed by atoms with Crippen LogP contribution < -0.4 is 0 Å². The summed E-state index contributed by atoms with van der Waals surface area (Å²) >= 11 is 0. The van der Waals surface area contributed by atoms with Crippen molar-refractivity contribution < 1.29 is 13.5 Å². The van der Waals surface area contributed by atoms with Crippen molar-refractivity contribution in [1.29, 1.82) is 0 Å². The van der Waals surface area contributed by atoms with Gasteiger partial charge in [0.15, 0.2) is 9.84 Å². The molecule has 1 aliphatic heterocycles. The van der Waals surface area contributed by atoms with Crippen LogP contribution in [0.1, 0.15) is 33.1 Å². The Hall–Kier alpha value is -0.130. The highest BCUT2D eigenvalue weighted by Gasteiger charge is 2.35. The SMILES string of the molecule is CC1(C)CCC(O)C(CN2CCS(=O)(=O)CC2)C1. The lowest BCUT2D eigenvalue weighted by molar-refractivity contribution is 0.00539. The first-order chi connectivity index (χ1) is 8.27. The first kappa shape index (κ1) is 14.3. The van der Waals surface area contributed by atoms with Crippen LogP contribution in [0.4, 0.5) is 0 Å². The van der Waals surface area contributed by atoms with Crippen molar-refractivity contribution in [2.45, 2.75) is 39.2 Å². The van der Waals surface area contributed by atoms with E-state index in [1.165, 1.54) is 0 Å². The fraction of sp³-hybridized carbons (Fsp3) is 1.00. The highest BCUT2D eigenvalue weighted by molar-refractivity contribution is 7.91. The molecule has 0 bridgehead atoms. The lowest BCUT2D eigenvalue weighted by Crippen LogP contribution is -2.46. The van der Waals surface area contributed by atoms with E-state index in [0.29, 0.717) is 24.4 Å². The van der Waals surface area contributed by atoms with Crippen LogP contribution in [0.3, 0.4) is 0 Å². The fourth-order valence-corrected chi connectivity index (χ4v) is 4.45. The summed E-state index contributed by atoms with van der Waals surface area (Å²) in [6.07, 6.45) is 2.79. The summed E-state index contributed by atoms with van der Waals surface area (Å²) in [4.78, 5) is 2.20. The minimum atomic E-state index is -2.80. The van der Waals surface area contributed by atoms with Crippen LogP contribution in [-0.4, -0.2) is 55.7 Å². The van der Waals surface area contributed by atoms with Crippen molar-refractivity contribution >= 4 is 9.84 Å². The van der Waals surface area contributed by atoms with Crippen molar-refractivity contribution in [2.24, 2.45) is 11.3 Å². The van der Waals surface area contributed by atoms with Crippen molar-refractivity contribution in [3.8, 4) is 0 Å². The third-order valence-corrected chi connectivity index (χ3v) is 6.01. The quantitative estimate of drug-likeness (QED) is 0.813. The van der Waals surface area contributed by atoms with Gasteiger partial charge < -0.3 is 10.0 Å². The number of aliphatic hydroxyl groups excluding tert-OH is 1. The Morgan fingerprint density at radius 2 is 1.89 bits per heavy atom. The Balaban J connectivity index is 1.89. The number of rotatable bonds is 2. The Morgan fingerprint density at radius 3 is 2.50 bits per heavy atom. The molecule has 0 amide bonds. The number of hydrogen-bond acceptors (Lipinski definition) is 4. The van der Waals surface area contributed by atoms with Gasteiger partial charge in [-0.05, 0) is 30.6 Å². The third-order valence-electron chi connectivity index (χ3n) is 4.41. The van der Waals surface area contributed by atoms with Gasteiger partial charge in [0.2, 0.25) is 0 Å². The van der Waals surface area contributed by atoms with Gasteiger partial charge in [0.05, 0.1) is 17.6 Å². The van der Waals surface area contributed by atoms with Gasteiger partial charge in [-0.2, -0.15) is 0 Å². The van der Waals surface area contributed by atoms with Gasteiger partial charge >= 0.3 is 0 Å². The Kier molecular flexibility index (Phi) is 4.04. The molecule has 2 aliphatic rings. The zero-order chi connectivity index (χ0) is 13.4. The van der Waals surface area contributed by atoms with Crippen LogP contribution in [0.15, 0.2) is 0 Å². The lowest BCUT2D eigenvalue weighted by Gasteiger charge is -2.41. The van der Waals surface area contributed by atoms with Crippen LogP contribution >= 0.6 is 0 Å². The molecule has 0 aromatic rings. The maximum Gasteiger partial charge on any atom is 0.152 e. The summed E-state index contributed by atoms with van der Waals surface area (Å²) in [7, 11) is -2.80. The zero-order valence-corrected chi connectivity index (χ0v) is 12.2. The summed E-state index contributed by atoms with van der Waals surface area (Å²) in [5.41, 5.74) is 0.311. The summed E-state index contributed by atoms with van der Waals surface area (Å²) in [6.45, 7) is 6.62. The summed E-state index contributed by atoms with van der Waals surface area (Å²) in [5.74, 6) is 0.854. The first-order valence-electron chi connectivity index (χ1n) is 6.88. The maximum atomic E-state index is 11.4. The smallest absolute Gasteiger partial charge is 0.152 e. The van der Waals surface area contributed by atoms with Crippen molar-refractivity contribution in [3.63, 3.8) is 0 Å². The topological polar surface area (TPSA) is 57.6 Å². The molecule has 5 heteroatoms. The third kappa shape index (κ3) is 3.68. The number of nitrogens with zero attached hydrogens (tertiary/aromatic N) is 1. The molecule has 4 nitrogen and oxygen atoms in total. The van der Waals surface area contributed by atoms with E-state index in [-0.39, 0.29) is 17.6 Å². The molecular weight excluding hydrogens is 250 g/mol. The molecule has 1 saturated carbocycles. The van der Waals surface area contributed by atoms with Crippen molar-refractivity contribution in [1.82, 2.24) is 4.90 Å². The van der Waals surface area contributed by atoms with E-state index in [9.17, 15) is 13.5 Å². The number of aliphatic hydroxyl groups is 1. The molecule has 106 valence electrons. The zero-order valence-electron chi connectivity index (χ0n) is 11.4. The van der Waals surface area contributed by atoms with E-state index in [0.717, 1.165) is 25.8 Å². The van der Waals surface area contributed by atoms with Gasteiger partial charge in [0, 0.05) is 19.6 Å². The van der Waals surface area contributed by atoms with Gasteiger partial charge in [-0.1, -0.05) is 13.8 Å². The maximum absolute atomic E-state index is 11.4. The predicted octanol–water partition coefficient (Wildman–Crippen LogP) is 0.904. The molecule has 0 radical (unpaired) electrons. The average Bonchev–Trinajstić information content (AvgIpc) is 2.26. The monoisotopic (exact) mass is 275 g/mol.